The number of alkyl halides is 3. The highest BCUT2D eigenvalue weighted by Gasteiger charge is 2.33. The van der Waals surface area contributed by atoms with Gasteiger partial charge in [-0.25, -0.2) is 9.97 Å². The number of aryl methyl sites for hydroxylation is 1. The second-order valence-electron chi connectivity index (χ2n) is 10.1. The molecule has 4 heterocycles. The fourth-order valence-corrected chi connectivity index (χ4v) is 6.83. The normalized spacial score (nSPS) is 17.8. The Morgan fingerprint density at radius 3 is 2.87 bits per heavy atom. The number of carbonyl (C=O) groups is 1. The molecule has 1 aromatic carbocycles. The van der Waals surface area contributed by atoms with Crippen LogP contribution in [-0.4, -0.2) is 63.8 Å². The number of fused-ring (bicyclic) bond motifs is 4. The number of anilines is 3. The van der Waals surface area contributed by atoms with Crippen LogP contribution in [0.5, 0.6) is 0 Å². The van der Waals surface area contributed by atoms with Gasteiger partial charge in [0, 0.05) is 42.9 Å². The summed E-state index contributed by atoms with van der Waals surface area (Å²) in [7, 11) is 1.46. The molecule has 2 N–H and O–H groups in total. The summed E-state index contributed by atoms with van der Waals surface area (Å²) in [5.74, 6) is 0.164. The van der Waals surface area contributed by atoms with Gasteiger partial charge in [-0.05, 0) is 49.8 Å². The number of benzene rings is 1. The van der Waals surface area contributed by atoms with Crippen LogP contribution in [0.25, 0.3) is 21.1 Å². The molecule has 4 aromatic rings. The Morgan fingerprint density at radius 1 is 1.26 bits per heavy atom. The average Bonchev–Trinajstić information content (AvgIpc) is 3.65. The van der Waals surface area contributed by atoms with Crippen LogP contribution in [0.2, 0.25) is 0 Å². The van der Waals surface area contributed by atoms with Crippen molar-refractivity contribution in [3.05, 3.63) is 35.1 Å². The molecule has 38 heavy (non-hydrogen) atoms. The van der Waals surface area contributed by atoms with Crippen molar-refractivity contribution in [2.45, 2.75) is 44.7 Å². The first-order valence-corrected chi connectivity index (χ1v) is 13.6. The van der Waals surface area contributed by atoms with Gasteiger partial charge in [-0.3, -0.25) is 9.89 Å². The molecule has 6 rings (SSSR count). The highest BCUT2D eigenvalue weighted by Crippen LogP contribution is 2.42. The van der Waals surface area contributed by atoms with Crippen molar-refractivity contribution < 1.29 is 18.0 Å². The van der Waals surface area contributed by atoms with Crippen LogP contribution in [0.4, 0.5) is 30.4 Å². The van der Waals surface area contributed by atoms with E-state index < -0.39 is 12.6 Å². The minimum absolute atomic E-state index is 0.231. The van der Waals surface area contributed by atoms with Crippen molar-refractivity contribution in [1.82, 2.24) is 25.1 Å². The largest absolute Gasteiger partial charge is 0.390 e. The van der Waals surface area contributed by atoms with Gasteiger partial charge >= 0.3 is 6.18 Å². The van der Waals surface area contributed by atoms with Crippen LogP contribution in [0.3, 0.4) is 0 Å². The Kier molecular flexibility index (Phi) is 6.37. The minimum Gasteiger partial charge on any atom is -0.370 e. The van der Waals surface area contributed by atoms with Gasteiger partial charge in [-0.1, -0.05) is 0 Å². The molecule has 0 saturated carbocycles. The van der Waals surface area contributed by atoms with Crippen LogP contribution >= 0.6 is 11.3 Å². The molecule has 8 nitrogen and oxygen atoms in total. The van der Waals surface area contributed by atoms with Gasteiger partial charge in [0.2, 0.25) is 5.91 Å². The third-order valence-electron chi connectivity index (χ3n) is 7.56. The first kappa shape index (κ1) is 24.9. The molecule has 1 aliphatic heterocycles. The van der Waals surface area contributed by atoms with Gasteiger partial charge in [0.05, 0.1) is 34.9 Å². The maximum atomic E-state index is 12.9. The van der Waals surface area contributed by atoms with E-state index in [1.807, 2.05) is 0 Å². The van der Waals surface area contributed by atoms with E-state index in [-0.39, 0.29) is 18.4 Å². The summed E-state index contributed by atoms with van der Waals surface area (Å²) in [6.45, 7) is 1.67. The summed E-state index contributed by atoms with van der Waals surface area (Å²) < 4.78 is 37.9. The molecular weight excluding hydrogens is 515 g/mol. The summed E-state index contributed by atoms with van der Waals surface area (Å²) in [5, 5.41) is 12.8. The number of nitrogens with one attached hydrogen (secondary N) is 2. The first-order valence-electron chi connectivity index (χ1n) is 12.8. The number of rotatable bonds is 6. The van der Waals surface area contributed by atoms with Gasteiger partial charge in [-0.15, -0.1) is 11.3 Å². The maximum Gasteiger partial charge on any atom is 0.390 e. The van der Waals surface area contributed by atoms with Crippen LogP contribution in [0.15, 0.2) is 24.7 Å². The number of aromatic nitrogens is 4. The van der Waals surface area contributed by atoms with Crippen molar-refractivity contribution >= 4 is 55.6 Å². The molecule has 1 unspecified atom stereocenters. The Bertz CT molecular complexity index is 1490. The molecule has 12 heteroatoms. The lowest BCUT2D eigenvalue weighted by Gasteiger charge is -2.27. The zero-order valence-corrected chi connectivity index (χ0v) is 21.8. The Balaban J connectivity index is 1.29. The van der Waals surface area contributed by atoms with Crippen molar-refractivity contribution in [3.8, 4) is 0 Å². The lowest BCUT2D eigenvalue weighted by Crippen LogP contribution is -2.37. The molecule has 1 aliphatic carbocycles. The molecule has 1 saturated heterocycles. The number of aromatic amines is 1. The standard InChI is InChI=1S/C26H28F3N7OS/c1-35(9-6-26(27,28)29)25(37)15-4-5-17-21(11-15)38-24-22(17)23(30-14-31-24)33-19-10-16-13-32-34-18(16)12-20(19)36-7-2-3-8-36/h10,12-15H,2-9,11H2,1H3,(H,32,34)(H,30,31,33). The van der Waals surface area contributed by atoms with Crippen LogP contribution in [0.1, 0.15) is 36.1 Å². The van der Waals surface area contributed by atoms with E-state index in [2.05, 4.69) is 42.5 Å². The van der Waals surface area contributed by atoms with Crippen molar-refractivity contribution in [1.29, 1.82) is 0 Å². The van der Waals surface area contributed by atoms with Crippen molar-refractivity contribution in [3.63, 3.8) is 0 Å². The van der Waals surface area contributed by atoms with E-state index in [9.17, 15) is 18.0 Å². The third kappa shape index (κ3) is 4.77. The molecule has 1 fully saturated rings. The molecule has 200 valence electrons. The van der Waals surface area contributed by atoms with Gasteiger partial charge in [0.1, 0.15) is 17.0 Å². The molecule has 1 atom stereocenters. The number of hydrogen-bond donors (Lipinski definition) is 2. The van der Waals surface area contributed by atoms with Crippen LogP contribution in [-0.2, 0) is 17.6 Å². The SMILES string of the molecule is CN(CCC(F)(F)F)C(=O)C1CCc2c(sc3ncnc(Nc4cc5cn[nH]c5cc4N4CCCC4)c23)C1. The number of carbonyl (C=O) groups excluding carboxylic acids is 1. The van der Waals surface area contributed by atoms with E-state index in [1.54, 1.807) is 23.9 Å². The van der Waals surface area contributed by atoms with E-state index in [4.69, 9.17) is 0 Å². The van der Waals surface area contributed by atoms with Gasteiger partial charge in [0.25, 0.3) is 0 Å². The summed E-state index contributed by atoms with van der Waals surface area (Å²) >= 11 is 1.54. The molecule has 0 spiro atoms. The van der Waals surface area contributed by atoms with E-state index >= 15 is 0 Å². The summed E-state index contributed by atoms with van der Waals surface area (Å²) in [6.07, 6.45) is 2.13. The molecule has 1 amide bonds. The topological polar surface area (TPSA) is 90.0 Å². The highest BCUT2D eigenvalue weighted by molar-refractivity contribution is 7.19. The van der Waals surface area contributed by atoms with E-state index in [0.717, 1.165) is 74.7 Å². The molecule has 0 radical (unpaired) electrons. The number of H-pyrrole nitrogens is 1. The smallest absolute Gasteiger partial charge is 0.370 e. The fourth-order valence-electron chi connectivity index (χ4n) is 5.56. The van der Waals surface area contributed by atoms with E-state index in [0.29, 0.717) is 19.3 Å². The zero-order chi connectivity index (χ0) is 26.4. The second-order valence-corrected chi connectivity index (χ2v) is 11.2. The van der Waals surface area contributed by atoms with Crippen molar-refractivity contribution in [2.75, 3.05) is 36.9 Å². The number of thiophene rings is 1. The third-order valence-corrected chi connectivity index (χ3v) is 8.72. The van der Waals surface area contributed by atoms with Crippen molar-refractivity contribution in [2.24, 2.45) is 5.92 Å². The monoisotopic (exact) mass is 543 g/mol. The average molecular weight is 544 g/mol. The minimum atomic E-state index is -4.28. The predicted molar refractivity (Wildman–Crippen MR) is 142 cm³/mol. The Hall–Kier alpha value is -3.41. The van der Waals surface area contributed by atoms with Crippen LogP contribution in [0, 0.1) is 5.92 Å². The van der Waals surface area contributed by atoms with E-state index in [1.165, 1.54) is 11.9 Å². The number of hydrogen-bond acceptors (Lipinski definition) is 7. The summed E-state index contributed by atoms with van der Waals surface area (Å²) in [5.41, 5.74) is 4.16. The van der Waals surface area contributed by atoms with Gasteiger partial charge in [0.15, 0.2) is 0 Å². The fraction of sp³-hybridized carbons (Fsp3) is 0.462. The molecule has 2 aliphatic rings. The number of amides is 1. The number of nitrogens with zero attached hydrogens (tertiary/aromatic N) is 5. The van der Waals surface area contributed by atoms with Gasteiger partial charge < -0.3 is 15.1 Å². The Morgan fingerprint density at radius 2 is 2.08 bits per heavy atom. The highest BCUT2D eigenvalue weighted by atomic mass is 32.1. The predicted octanol–water partition coefficient (Wildman–Crippen LogP) is 5.43. The molecular formula is C26H28F3N7OS. The lowest BCUT2D eigenvalue weighted by atomic mass is 9.87. The van der Waals surface area contributed by atoms with Crippen LogP contribution < -0.4 is 10.2 Å². The Labute approximate surface area is 221 Å². The molecule has 0 bridgehead atoms. The van der Waals surface area contributed by atoms with Gasteiger partial charge in [-0.2, -0.15) is 18.3 Å². The number of halogens is 3. The quantitative estimate of drug-likeness (QED) is 0.337. The summed E-state index contributed by atoms with van der Waals surface area (Å²) in [4.78, 5) is 27.5. The first-order chi connectivity index (χ1) is 18.3. The zero-order valence-electron chi connectivity index (χ0n) is 20.9. The second kappa shape index (κ2) is 9.72. The maximum absolute atomic E-state index is 12.9. The lowest BCUT2D eigenvalue weighted by molar-refractivity contribution is -0.146. The summed E-state index contributed by atoms with van der Waals surface area (Å²) in [6, 6.07) is 4.22. The molecule has 3 aromatic heterocycles.